The SMILES string of the molecule is CO[C@@H]1CC[C@@](C)(OC)O1. The molecule has 1 heterocycles. The summed E-state index contributed by atoms with van der Waals surface area (Å²) in [6.07, 6.45) is 1.74. The maximum absolute atomic E-state index is 5.40. The second-order valence-electron chi connectivity index (χ2n) is 2.66. The molecule has 1 fully saturated rings. The molecule has 10 heavy (non-hydrogen) atoms. The molecule has 3 heteroatoms. The molecule has 2 atom stereocenters. The third kappa shape index (κ3) is 1.48. The zero-order chi connectivity index (χ0) is 7.61. The van der Waals surface area contributed by atoms with Crippen molar-refractivity contribution in [2.24, 2.45) is 0 Å². The highest BCUT2D eigenvalue weighted by molar-refractivity contribution is 4.71. The van der Waals surface area contributed by atoms with Gasteiger partial charge in [-0.25, -0.2) is 0 Å². The Bertz CT molecular complexity index is 115. The Kier molecular flexibility index (Phi) is 2.28. The maximum Gasteiger partial charge on any atom is 0.168 e. The van der Waals surface area contributed by atoms with Gasteiger partial charge in [-0.05, 0) is 6.92 Å². The van der Waals surface area contributed by atoms with Crippen LogP contribution in [0.15, 0.2) is 0 Å². The summed E-state index contributed by atoms with van der Waals surface area (Å²) in [5.74, 6) is -0.416. The Morgan fingerprint density at radius 3 is 2.50 bits per heavy atom. The molecule has 60 valence electrons. The van der Waals surface area contributed by atoms with Gasteiger partial charge in [-0.3, -0.25) is 0 Å². The van der Waals surface area contributed by atoms with Crippen molar-refractivity contribution in [1.82, 2.24) is 0 Å². The minimum Gasteiger partial charge on any atom is -0.356 e. The summed E-state index contributed by atoms with van der Waals surface area (Å²) in [5.41, 5.74) is 0. The van der Waals surface area contributed by atoms with E-state index in [0.717, 1.165) is 12.8 Å². The average molecular weight is 146 g/mol. The molecule has 1 aliphatic rings. The molecule has 1 rings (SSSR count). The van der Waals surface area contributed by atoms with Crippen LogP contribution in [0.25, 0.3) is 0 Å². The first-order valence-corrected chi connectivity index (χ1v) is 3.46. The van der Waals surface area contributed by atoms with E-state index < -0.39 is 5.79 Å². The Morgan fingerprint density at radius 1 is 1.50 bits per heavy atom. The lowest BCUT2D eigenvalue weighted by Crippen LogP contribution is -2.27. The fourth-order valence-corrected chi connectivity index (χ4v) is 1.09. The molecule has 0 radical (unpaired) electrons. The average Bonchev–Trinajstić information content (AvgIpc) is 2.33. The lowest BCUT2D eigenvalue weighted by atomic mass is 10.2. The summed E-state index contributed by atoms with van der Waals surface area (Å²) < 4.78 is 15.5. The third-order valence-electron chi connectivity index (χ3n) is 1.91. The number of ether oxygens (including phenoxy) is 3. The summed E-state index contributed by atoms with van der Waals surface area (Å²) in [7, 11) is 3.30. The van der Waals surface area contributed by atoms with Crippen LogP contribution in [0, 0.1) is 0 Å². The third-order valence-corrected chi connectivity index (χ3v) is 1.91. The molecule has 0 aromatic rings. The van der Waals surface area contributed by atoms with Gasteiger partial charge in [0.2, 0.25) is 0 Å². The van der Waals surface area contributed by atoms with Crippen LogP contribution in [0.2, 0.25) is 0 Å². The van der Waals surface area contributed by atoms with Crippen molar-refractivity contribution in [2.75, 3.05) is 14.2 Å². The molecular weight excluding hydrogens is 132 g/mol. The van der Waals surface area contributed by atoms with Crippen molar-refractivity contribution >= 4 is 0 Å². The highest BCUT2D eigenvalue weighted by Gasteiger charge is 2.35. The van der Waals surface area contributed by atoms with Gasteiger partial charge in [-0.15, -0.1) is 0 Å². The van der Waals surface area contributed by atoms with E-state index in [4.69, 9.17) is 14.2 Å². The van der Waals surface area contributed by atoms with E-state index in [1.54, 1.807) is 14.2 Å². The predicted molar refractivity (Wildman–Crippen MR) is 36.5 cm³/mol. The summed E-state index contributed by atoms with van der Waals surface area (Å²) in [4.78, 5) is 0. The van der Waals surface area contributed by atoms with E-state index in [-0.39, 0.29) is 6.29 Å². The Labute approximate surface area is 61.3 Å². The van der Waals surface area contributed by atoms with Crippen LogP contribution in [0.1, 0.15) is 19.8 Å². The minimum atomic E-state index is -0.416. The maximum atomic E-state index is 5.40. The quantitative estimate of drug-likeness (QED) is 0.584. The summed E-state index contributed by atoms with van der Waals surface area (Å²) in [6.45, 7) is 1.92. The minimum absolute atomic E-state index is 0.0788. The van der Waals surface area contributed by atoms with Gasteiger partial charge in [0, 0.05) is 27.1 Å². The summed E-state index contributed by atoms with van der Waals surface area (Å²) in [6, 6.07) is 0. The smallest absolute Gasteiger partial charge is 0.168 e. The molecule has 0 N–H and O–H groups in total. The fraction of sp³-hybridized carbons (Fsp3) is 1.00. The zero-order valence-electron chi connectivity index (χ0n) is 6.72. The molecule has 0 amide bonds. The Hall–Kier alpha value is -0.120. The van der Waals surface area contributed by atoms with Gasteiger partial charge in [0.25, 0.3) is 0 Å². The van der Waals surface area contributed by atoms with Crippen LogP contribution in [-0.2, 0) is 14.2 Å². The lowest BCUT2D eigenvalue weighted by Gasteiger charge is -2.21. The van der Waals surface area contributed by atoms with Gasteiger partial charge in [0.1, 0.15) is 0 Å². The highest BCUT2D eigenvalue weighted by Crippen LogP contribution is 2.30. The first-order valence-electron chi connectivity index (χ1n) is 3.46. The molecule has 0 saturated carbocycles. The van der Waals surface area contributed by atoms with E-state index in [1.165, 1.54) is 0 Å². The second-order valence-corrected chi connectivity index (χ2v) is 2.66. The fourth-order valence-electron chi connectivity index (χ4n) is 1.09. The molecule has 0 spiro atoms. The van der Waals surface area contributed by atoms with Crippen LogP contribution in [0.3, 0.4) is 0 Å². The van der Waals surface area contributed by atoms with Crippen LogP contribution in [-0.4, -0.2) is 26.3 Å². The van der Waals surface area contributed by atoms with E-state index in [1.807, 2.05) is 6.92 Å². The van der Waals surface area contributed by atoms with E-state index in [0.29, 0.717) is 0 Å². The van der Waals surface area contributed by atoms with Gasteiger partial charge in [-0.2, -0.15) is 0 Å². The molecule has 1 saturated heterocycles. The van der Waals surface area contributed by atoms with Gasteiger partial charge >= 0.3 is 0 Å². The summed E-state index contributed by atoms with van der Waals surface area (Å²) in [5, 5.41) is 0. The van der Waals surface area contributed by atoms with Crippen LogP contribution >= 0.6 is 0 Å². The lowest BCUT2D eigenvalue weighted by molar-refractivity contribution is -0.246. The molecule has 1 aliphatic heterocycles. The van der Waals surface area contributed by atoms with Gasteiger partial charge in [0.05, 0.1) is 0 Å². The van der Waals surface area contributed by atoms with Crippen LogP contribution in [0.5, 0.6) is 0 Å². The number of methoxy groups -OCH3 is 2. The van der Waals surface area contributed by atoms with E-state index in [9.17, 15) is 0 Å². The molecule has 0 aromatic carbocycles. The monoisotopic (exact) mass is 146 g/mol. The number of hydrogen-bond donors (Lipinski definition) is 0. The van der Waals surface area contributed by atoms with Gasteiger partial charge in [0.15, 0.2) is 12.1 Å². The first kappa shape index (κ1) is 7.98. The van der Waals surface area contributed by atoms with Crippen LogP contribution in [0.4, 0.5) is 0 Å². The highest BCUT2D eigenvalue weighted by atomic mass is 16.8. The molecule has 0 aliphatic carbocycles. The van der Waals surface area contributed by atoms with Crippen molar-refractivity contribution in [2.45, 2.75) is 31.8 Å². The van der Waals surface area contributed by atoms with E-state index >= 15 is 0 Å². The van der Waals surface area contributed by atoms with Gasteiger partial charge in [-0.1, -0.05) is 0 Å². The van der Waals surface area contributed by atoms with Crippen molar-refractivity contribution in [3.05, 3.63) is 0 Å². The Morgan fingerprint density at radius 2 is 2.20 bits per heavy atom. The van der Waals surface area contributed by atoms with Crippen molar-refractivity contribution in [1.29, 1.82) is 0 Å². The molecule has 0 unspecified atom stereocenters. The molecule has 0 aromatic heterocycles. The molecular formula is C7H14O3. The first-order chi connectivity index (χ1) is 4.70. The van der Waals surface area contributed by atoms with Crippen molar-refractivity contribution in [3.8, 4) is 0 Å². The van der Waals surface area contributed by atoms with Gasteiger partial charge < -0.3 is 14.2 Å². The zero-order valence-corrected chi connectivity index (χ0v) is 6.72. The normalized spacial score (nSPS) is 40.5. The van der Waals surface area contributed by atoms with E-state index in [2.05, 4.69) is 0 Å². The molecule has 3 nitrogen and oxygen atoms in total. The van der Waals surface area contributed by atoms with Crippen molar-refractivity contribution < 1.29 is 14.2 Å². The van der Waals surface area contributed by atoms with Crippen LogP contribution < -0.4 is 0 Å². The summed E-state index contributed by atoms with van der Waals surface area (Å²) >= 11 is 0. The Balaban J connectivity index is 2.41. The number of rotatable bonds is 2. The second kappa shape index (κ2) is 2.86. The number of hydrogen-bond acceptors (Lipinski definition) is 3. The topological polar surface area (TPSA) is 27.7 Å². The molecule has 0 bridgehead atoms. The van der Waals surface area contributed by atoms with Crippen molar-refractivity contribution in [3.63, 3.8) is 0 Å². The standard InChI is InChI=1S/C7H14O3/c1-7(9-3)5-4-6(8-2)10-7/h6H,4-5H2,1-3H3/t6-,7-/m0/s1. The largest absolute Gasteiger partial charge is 0.356 e. The predicted octanol–water partition coefficient (Wildman–Crippen LogP) is 1.13.